The van der Waals surface area contributed by atoms with Crippen LogP contribution in [0.1, 0.15) is 30.3 Å². The number of nitrogens with zero attached hydrogens (tertiary/aromatic N) is 5. The number of nitrogens with one attached hydrogen (secondary N) is 2. The van der Waals surface area contributed by atoms with Gasteiger partial charge < -0.3 is 30.0 Å². The lowest BCUT2D eigenvalue weighted by Crippen LogP contribution is -2.44. The minimum Gasteiger partial charge on any atom is -0.468 e. The first-order valence-corrected chi connectivity index (χ1v) is 14.6. The second kappa shape index (κ2) is 15.1. The lowest BCUT2D eigenvalue weighted by Gasteiger charge is -2.37. The maximum atomic E-state index is 14.9. The standard InChI is InChI=1S/C27H30FN7O3.C4H8O2/c1-34-9-7-18(29-15-27(37)38-2)11-25(34)23-5-3-17-14-30-26(13-24(17)31-23)32-22-6-4-20(12-21(22)28)35-10-8-19(16-36)33-35;1-2-6-4-3-5-1/h3-6,8,10,12-14,18,25,29,36H,7,9,11,15-16H2,1-2H3,(H,30,32);1-4H2. The van der Waals surface area contributed by atoms with Gasteiger partial charge in [0, 0.05) is 36.0 Å². The number of aliphatic hydroxyl groups is 1. The molecule has 0 aliphatic carbocycles. The molecule has 0 spiro atoms. The van der Waals surface area contributed by atoms with E-state index in [0.717, 1.165) is 62.4 Å². The largest absolute Gasteiger partial charge is 0.468 e. The Morgan fingerprint density at radius 2 is 1.93 bits per heavy atom. The summed E-state index contributed by atoms with van der Waals surface area (Å²) in [5.41, 5.74) is 3.01. The summed E-state index contributed by atoms with van der Waals surface area (Å²) in [6.07, 6.45) is 5.13. The van der Waals surface area contributed by atoms with Crippen LogP contribution < -0.4 is 10.6 Å². The summed E-state index contributed by atoms with van der Waals surface area (Å²) < 4.78 is 31.1. The van der Waals surface area contributed by atoms with Gasteiger partial charge in [0.2, 0.25) is 0 Å². The zero-order chi connectivity index (χ0) is 30.9. The van der Waals surface area contributed by atoms with Crippen LogP contribution in [0, 0.1) is 5.82 Å². The van der Waals surface area contributed by atoms with Gasteiger partial charge in [-0.3, -0.25) is 14.7 Å². The number of methoxy groups -OCH3 is 1. The number of aliphatic hydroxyl groups excluding tert-OH is 1. The van der Waals surface area contributed by atoms with E-state index in [1.165, 1.54) is 17.9 Å². The maximum absolute atomic E-state index is 14.9. The van der Waals surface area contributed by atoms with Gasteiger partial charge >= 0.3 is 5.97 Å². The number of likely N-dealkylation sites (tertiary alicyclic amines) is 1. The summed E-state index contributed by atoms with van der Waals surface area (Å²) in [5, 5.41) is 20.6. The van der Waals surface area contributed by atoms with E-state index in [0.29, 0.717) is 17.2 Å². The molecule has 2 unspecified atom stereocenters. The van der Waals surface area contributed by atoms with Crippen LogP contribution in [0.5, 0.6) is 0 Å². The third-order valence-corrected chi connectivity index (χ3v) is 7.60. The van der Waals surface area contributed by atoms with E-state index in [4.69, 9.17) is 19.2 Å². The first-order chi connectivity index (χ1) is 21.4. The quantitative estimate of drug-likeness (QED) is 0.255. The predicted molar refractivity (Wildman–Crippen MR) is 162 cm³/mol. The van der Waals surface area contributed by atoms with Crippen molar-refractivity contribution >= 4 is 28.4 Å². The van der Waals surface area contributed by atoms with Crippen molar-refractivity contribution in [1.29, 1.82) is 0 Å². The Bertz CT molecular complexity index is 1540. The Balaban J connectivity index is 0.000000573. The number of carbonyl (C=O) groups excluding carboxylic acids is 1. The van der Waals surface area contributed by atoms with Gasteiger partial charge in [0.05, 0.1) is 81.0 Å². The van der Waals surface area contributed by atoms with Crippen LogP contribution in [0.2, 0.25) is 0 Å². The molecule has 2 aliphatic heterocycles. The van der Waals surface area contributed by atoms with Crippen molar-refractivity contribution in [2.75, 3.05) is 59.0 Å². The van der Waals surface area contributed by atoms with Crippen LogP contribution in [0.4, 0.5) is 15.9 Å². The van der Waals surface area contributed by atoms with Crippen LogP contribution >= 0.6 is 0 Å². The molecule has 0 saturated carbocycles. The Kier molecular flexibility index (Phi) is 10.8. The third kappa shape index (κ3) is 8.12. The highest BCUT2D eigenvalue weighted by Gasteiger charge is 2.28. The molecular formula is C31H38FN7O5. The predicted octanol–water partition coefficient (Wildman–Crippen LogP) is 3.12. The van der Waals surface area contributed by atoms with Gasteiger partial charge in [0.15, 0.2) is 0 Å². The average Bonchev–Trinajstić information content (AvgIpc) is 3.55. The van der Waals surface area contributed by atoms with Gasteiger partial charge in [-0.05, 0) is 56.8 Å². The van der Waals surface area contributed by atoms with Gasteiger partial charge in [-0.15, -0.1) is 0 Å². The highest BCUT2D eigenvalue weighted by molar-refractivity contribution is 5.81. The lowest BCUT2D eigenvalue weighted by atomic mass is 9.94. The van der Waals surface area contributed by atoms with Crippen molar-refractivity contribution < 1.29 is 28.5 Å². The number of piperidine rings is 1. The molecule has 1 aromatic carbocycles. The topological polar surface area (TPSA) is 136 Å². The molecule has 234 valence electrons. The Hall–Kier alpha value is -4.01. The second-order valence-electron chi connectivity index (χ2n) is 10.6. The molecule has 5 heterocycles. The molecule has 0 bridgehead atoms. The zero-order valence-electron chi connectivity index (χ0n) is 24.9. The SMILES string of the molecule is C1COCCO1.COC(=O)CNC1CCN(C)C(c2ccc3cnc(Nc4ccc(-n5ccc(CO)n5)cc4F)cc3n2)C1. The molecule has 3 aromatic heterocycles. The molecule has 4 aromatic rings. The Morgan fingerprint density at radius 1 is 1.14 bits per heavy atom. The van der Waals surface area contributed by atoms with E-state index < -0.39 is 5.82 Å². The molecular weight excluding hydrogens is 569 g/mol. The van der Waals surface area contributed by atoms with Crippen molar-refractivity contribution in [2.24, 2.45) is 0 Å². The first-order valence-electron chi connectivity index (χ1n) is 14.6. The van der Waals surface area contributed by atoms with E-state index in [-0.39, 0.29) is 36.9 Å². The summed E-state index contributed by atoms with van der Waals surface area (Å²) in [6, 6.07) is 12.5. The van der Waals surface area contributed by atoms with E-state index >= 15 is 0 Å². The van der Waals surface area contributed by atoms with Crippen LogP contribution in [0.25, 0.3) is 16.6 Å². The zero-order valence-corrected chi connectivity index (χ0v) is 24.9. The molecule has 3 N–H and O–H groups in total. The fraction of sp³-hybridized carbons (Fsp3) is 0.419. The van der Waals surface area contributed by atoms with E-state index in [1.54, 1.807) is 30.6 Å². The van der Waals surface area contributed by atoms with Crippen molar-refractivity contribution in [1.82, 2.24) is 30.0 Å². The molecule has 12 nitrogen and oxygen atoms in total. The minimum absolute atomic E-state index is 0.0894. The number of halogens is 1. The molecule has 13 heteroatoms. The summed E-state index contributed by atoms with van der Waals surface area (Å²) >= 11 is 0. The summed E-state index contributed by atoms with van der Waals surface area (Å²) in [6.45, 7) is 4.00. The highest BCUT2D eigenvalue weighted by Crippen LogP contribution is 2.30. The number of ether oxygens (including phenoxy) is 3. The second-order valence-corrected chi connectivity index (χ2v) is 10.6. The van der Waals surface area contributed by atoms with Crippen LogP contribution in [-0.2, 0) is 25.6 Å². The highest BCUT2D eigenvalue weighted by atomic mass is 19.1. The normalized spacial score (nSPS) is 18.8. The van der Waals surface area contributed by atoms with Crippen LogP contribution in [-0.4, -0.2) is 95.4 Å². The van der Waals surface area contributed by atoms with Crippen LogP contribution in [0.15, 0.2) is 54.9 Å². The number of aromatic nitrogens is 4. The average molecular weight is 608 g/mol. The Labute approximate surface area is 255 Å². The number of pyridine rings is 2. The number of carbonyl (C=O) groups is 1. The fourth-order valence-electron chi connectivity index (χ4n) is 5.12. The fourth-order valence-corrected chi connectivity index (χ4v) is 5.12. The summed E-state index contributed by atoms with van der Waals surface area (Å²) in [7, 11) is 3.46. The molecule has 6 rings (SSSR count). The van der Waals surface area contributed by atoms with E-state index in [1.807, 2.05) is 18.2 Å². The summed E-state index contributed by atoms with van der Waals surface area (Å²) in [4.78, 5) is 23.2. The summed E-state index contributed by atoms with van der Waals surface area (Å²) in [5.74, 6) is -0.258. The first kappa shape index (κ1) is 31.4. The number of hydrogen-bond acceptors (Lipinski definition) is 11. The van der Waals surface area contributed by atoms with Gasteiger partial charge in [-0.25, -0.2) is 14.1 Å². The number of benzene rings is 1. The van der Waals surface area contributed by atoms with E-state index in [9.17, 15) is 14.3 Å². The van der Waals surface area contributed by atoms with E-state index in [2.05, 4.69) is 32.7 Å². The Morgan fingerprint density at radius 3 is 2.61 bits per heavy atom. The lowest BCUT2D eigenvalue weighted by molar-refractivity contribution is -0.139. The number of anilines is 2. The van der Waals surface area contributed by atoms with Crippen LogP contribution in [0.3, 0.4) is 0 Å². The monoisotopic (exact) mass is 607 g/mol. The third-order valence-electron chi connectivity index (χ3n) is 7.60. The van der Waals surface area contributed by atoms with Gasteiger partial charge in [0.25, 0.3) is 0 Å². The molecule has 0 amide bonds. The van der Waals surface area contributed by atoms with Gasteiger partial charge in [-0.1, -0.05) is 0 Å². The number of hydrogen-bond donors (Lipinski definition) is 3. The van der Waals surface area contributed by atoms with Crippen molar-refractivity contribution in [3.8, 4) is 5.69 Å². The molecule has 2 aliphatic rings. The minimum atomic E-state index is -0.457. The smallest absolute Gasteiger partial charge is 0.319 e. The van der Waals surface area contributed by atoms with Gasteiger partial charge in [-0.2, -0.15) is 5.10 Å². The number of esters is 1. The number of fused-ring (bicyclic) bond motifs is 1. The molecule has 2 saturated heterocycles. The molecule has 0 radical (unpaired) electrons. The van der Waals surface area contributed by atoms with Crippen molar-refractivity contribution in [2.45, 2.75) is 31.5 Å². The molecule has 2 fully saturated rings. The molecule has 44 heavy (non-hydrogen) atoms. The van der Waals surface area contributed by atoms with Crippen molar-refractivity contribution in [3.05, 3.63) is 72.1 Å². The number of rotatable bonds is 8. The molecule has 2 atom stereocenters. The van der Waals surface area contributed by atoms with Gasteiger partial charge in [0.1, 0.15) is 11.6 Å². The maximum Gasteiger partial charge on any atom is 0.319 e. The van der Waals surface area contributed by atoms with Crippen molar-refractivity contribution in [3.63, 3.8) is 0 Å².